The number of aliphatic hydroxyl groups is 1. The van der Waals surface area contributed by atoms with Crippen molar-refractivity contribution in [3.63, 3.8) is 0 Å². The summed E-state index contributed by atoms with van der Waals surface area (Å²) in [5, 5.41) is 23.9. The number of rotatable bonds is 6. The summed E-state index contributed by atoms with van der Waals surface area (Å²) < 4.78 is 0. The Balaban J connectivity index is 0.00000220. The molecule has 0 saturated carbocycles. The second kappa shape index (κ2) is 8.36. The summed E-state index contributed by atoms with van der Waals surface area (Å²) in [6.07, 6.45) is -0.626. The average molecular weight is 309 g/mol. The van der Waals surface area contributed by atoms with Gasteiger partial charge in [0, 0.05) is 24.7 Å². The number of aliphatic hydroxyl groups excluding tert-OH is 1. The second-order valence-electron chi connectivity index (χ2n) is 4.44. The Morgan fingerprint density at radius 3 is 2.38 bits per heavy atom. The molecule has 2 aromatic rings. The van der Waals surface area contributed by atoms with E-state index in [9.17, 15) is 15.2 Å². The standard InChI is InChI=1S/C15H16N2O3.ClH/c18-15(12-6-2-1-3-7-12)11-16-10-13-8-4-5-9-14(13)17(19)20;/h1-9,15-16,18H,10-11H2;1H. The molecular formula is C15H17ClN2O3. The first-order chi connectivity index (χ1) is 9.68. The number of benzene rings is 2. The minimum atomic E-state index is -0.626. The number of nitrogens with one attached hydrogen (secondary N) is 1. The molecule has 0 amide bonds. The van der Waals surface area contributed by atoms with Gasteiger partial charge in [0.1, 0.15) is 0 Å². The number of nitrogens with zero attached hydrogens (tertiary/aromatic N) is 1. The predicted octanol–water partition coefficient (Wildman–Crippen LogP) is 2.84. The van der Waals surface area contributed by atoms with Gasteiger partial charge in [-0.2, -0.15) is 0 Å². The van der Waals surface area contributed by atoms with Crippen molar-refractivity contribution in [2.75, 3.05) is 6.54 Å². The summed E-state index contributed by atoms with van der Waals surface area (Å²) in [5.41, 5.74) is 1.52. The van der Waals surface area contributed by atoms with Crippen LogP contribution in [0.15, 0.2) is 54.6 Å². The molecule has 0 aromatic heterocycles. The van der Waals surface area contributed by atoms with Gasteiger partial charge in [-0.3, -0.25) is 10.1 Å². The normalized spacial score (nSPS) is 11.5. The average Bonchev–Trinajstić information content (AvgIpc) is 2.48. The van der Waals surface area contributed by atoms with E-state index in [0.717, 1.165) is 5.56 Å². The first kappa shape index (κ1) is 17.1. The smallest absolute Gasteiger partial charge is 0.273 e. The highest BCUT2D eigenvalue weighted by Gasteiger charge is 2.12. The number of para-hydroxylation sites is 1. The second-order valence-corrected chi connectivity index (χ2v) is 4.44. The Bertz CT molecular complexity index is 578. The molecule has 1 unspecified atom stereocenters. The van der Waals surface area contributed by atoms with Gasteiger partial charge in [0.05, 0.1) is 11.0 Å². The number of hydrogen-bond donors (Lipinski definition) is 2. The van der Waals surface area contributed by atoms with E-state index in [-0.39, 0.29) is 18.1 Å². The van der Waals surface area contributed by atoms with Crippen LogP contribution in [0.3, 0.4) is 0 Å². The van der Waals surface area contributed by atoms with Gasteiger partial charge in [-0.25, -0.2) is 0 Å². The lowest BCUT2D eigenvalue weighted by atomic mass is 10.1. The molecule has 21 heavy (non-hydrogen) atoms. The lowest BCUT2D eigenvalue weighted by Crippen LogP contribution is -2.21. The van der Waals surface area contributed by atoms with Crippen LogP contribution in [0.25, 0.3) is 0 Å². The van der Waals surface area contributed by atoms with Gasteiger partial charge in [-0.05, 0) is 5.56 Å². The zero-order chi connectivity index (χ0) is 14.4. The molecule has 6 heteroatoms. The third-order valence-electron chi connectivity index (χ3n) is 3.03. The highest BCUT2D eigenvalue weighted by Crippen LogP contribution is 2.17. The van der Waals surface area contributed by atoms with Crippen molar-refractivity contribution in [1.82, 2.24) is 5.32 Å². The first-order valence-corrected chi connectivity index (χ1v) is 6.34. The Hall–Kier alpha value is -1.95. The molecule has 1 atom stereocenters. The number of hydrogen-bond acceptors (Lipinski definition) is 4. The van der Waals surface area contributed by atoms with Crippen LogP contribution in [-0.2, 0) is 6.54 Å². The van der Waals surface area contributed by atoms with Crippen LogP contribution in [0.5, 0.6) is 0 Å². The molecule has 2 rings (SSSR count). The number of nitro groups is 1. The summed E-state index contributed by atoms with van der Waals surface area (Å²) >= 11 is 0. The van der Waals surface area contributed by atoms with Gasteiger partial charge in [0.15, 0.2) is 0 Å². The molecule has 5 nitrogen and oxygen atoms in total. The Morgan fingerprint density at radius 1 is 1.10 bits per heavy atom. The zero-order valence-electron chi connectivity index (χ0n) is 11.3. The van der Waals surface area contributed by atoms with Crippen molar-refractivity contribution in [3.05, 3.63) is 75.8 Å². The Kier molecular flexibility index (Phi) is 6.81. The molecule has 0 aliphatic heterocycles. The largest absolute Gasteiger partial charge is 0.387 e. The molecule has 0 bridgehead atoms. The number of nitro benzene ring substituents is 1. The van der Waals surface area contributed by atoms with Crippen molar-refractivity contribution in [2.45, 2.75) is 12.6 Å². The van der Waals surface area contributed by atoms with Gasteiger partial charge in [-0.1, -0.05) is 48.5 Å². The van der Waals surface area contributed by atoms with Crippen LogP contribution in [0.2, 0.25) is 0 Å². The lowest BCUT2D eigenvalue weighted by molar-refractivity contribution is -0.385. The number of halogens is 1. The van der Waals surface area contributed by atoms with E-state index in [1.165, 1.54) is 6.07 Å². The molecular weight excluding hydrogens is 292 g/mol. The molecule has 0 heterocycles. The van der Waals surface area contributed by atoms with Crippen molar-refractivity contribution in [1.29, 1.82) is 0 Å². The molecule has 2 N–H and O–H groups in total. The fourth-order valence-electron chi connectivity index (χ4n) is 1.98. The quantitative estimate of drug-likeness (QED) is 0.635. The fourth-order valence-corrected chi connectivity index (χ4v) is 1.98. The molecule has 0 radical (unpaired) electrons. The first-order valence-electron chi connectivity index (χ1n) is 6.34. The van der Waals surface area contributed by atoms with Crippen LogP contribution < -0.4 is 5.32 Å². The minimum Gasteiger partial charge on any atom is -0.387 e. The summed E-state index contributed by atoms with van der Waals surface area (Å²) in [6.45, 7) is 0.692. The van der Waals surface area contributed by atoms with Crippen LogP contribution in [-0.4, -0.2) is 16.6 Å². The maximum absolute atomic E-state index is 10.9. The van der Waals surface area contributed by atoms with Gasteiger partial charge in [0.25, 0.3) is 5.69 Å². The summed E-state index contributed by atoms with van der Waals surface area (Å²) in [6, 6.07) is 15.9. The zero-order valence-corrected chi connectivity index (χ0v) is 12.1. The van der Waals surface area contributed by atoms with E-state index in [1.54, 1.807) is 18.2 Å². The Labute approximate surface area is 129 Å². The van der Waals surface area contributed by atoms with Gasteiger partial charge < -0.3 is 10.4 Å². The van der Waals surface area contributed by atoms with E-state index >= 15 is 0 Å². The SMILES string of the molecule is Cl.O=[N+]([O-])c1ccccc1CNCC(O)c1ccccc1. The maximum Gasteiger partial charge on any atom is 0.273 e. The van der Waals surface area contributed by atoms with Crippen molar-refractivity contribution in [2.24, 2.45) is 0 Å². The third-order valence-corrected chi connectivity index (χ3v) is 3.03. The van der Waals surface area contributed by atoms with E-state index in [4.69, 9.17) is 0 Å². The molecule has 0 fully saturated rings. The summed E-state index contributed by atoms with van der Waals surface area (Å²) in [4.78, 5) is 10.5. The topological polar surface area (TPSA) is 75.4 Å². The van der Waals surface area contributed by atoms with E-state index in [1.807, 2.05) is 30.3 Å². The van der Waals surface area contributed by atoms with E-state index in [0.29, 0.717) is 18.7 Å². The van der Waals surface area contributed by atoms with E-state index in [2.05, 4.69) is 5.32 Å². The summed E-state index contributed by atoms with van der Waals surface area (Å²) in [7, 11) is 0. The van der Waals surface area contributed by atoms with Crippen LogP contribution in [0, 0.1) is 10.1 Å². The molecule has 0 spiro atoms. The van der Waals surface area contributed by atoms with Gasteiger partial charge in [0.2, 0.25) is 0 Å². The molecule has 0 aliphatic carbocycles. The lowest BCUT2D eigenvalue weighted by Gasteiger charge is -2.12. The van der Waals surface area contributed by atoms with Crippen molar-refractivity contribution in [3.8, 4) is 0 Å². The maximum atomic E-state index is 10.9. The fraction of sp³-hybridized carbons (Fsp3) is 0.200. The van der Waals surface area contributed by atoms with Crippen molar-refractivity contribution < 1.29 is 10.0 Å². The third kappa shape index (κ3) is 4.82. The molecule has 0 aliphatic rings. The molecule has 0 saturated heterocycles. The predicted molar refractivity (Wildman–Crippen MR) is 83.5 cm³/mol. The highest BCUT2D eigenvalue weighted by molar-refractivity contribution is 5.85. The van der Waals surface area contributed by atoms with Gasteiger partial charge in [-0.15, -0.1) is 12.4 Å². The molecule has 2 aromatic carbocycles. The van der Waals surface area contributed by atoms with Crippen LogP contribution >= 0.6 is 12.4 Å². The molecule has 112 valence electrons. The Morgan fingerprint density at radius 2 is 1.71 bits per heavy atom. The minimum absolute atomic E-state index is 0. The van der Waals surface area contributed by atoms with Gasteiger partial charge >= 0.3 is 0 Å². The van der Waals surface area contributed by atoms with Crippen molar-refractivity contribution >= 4 is 18.1 Å². The highest BCUT2D eigenvalue weighted by atomic mass is 35.5. The monoisotopic (exact) mass is 308 g/mol. The van der Waals surface area contributed by atoms with Crippen LogP contribution in [0.4, 0.5) is 5.69 Å². The van der Waals surface area contributed by atoms with Crippen LogP contribution in [0.1, 0.15) is 17.2 Å². The van der Waals surface area contributed by atoms with E-state index < -0.39 is 11.0 Å². The summed E-state index contributed by atoms with van der Waals surface area (Å²) in [5.74, 6) is 0.